The summed E-state index contributed by atoms with van der Waals surface area (Å²) in [5.74, 6) is 0.156. The van der Waals surface area contributed by atoms with Crippen LogP contribution in [0.2, 0.25) is 0 Å². The smallest absolute Gasteiger partial charge is 0.355 e. The second kappa shape index (κ2) is 9.17. The third-order valence-electron chi connectivity index (χ3n) is 3.30. The molecule has 0 aliphatic heterocycles. The van der Waals surface area contributed by atoms with Gasteiger partial charge in [0.05, 0.1) is 18.0 Å². The lowest BCUT2D eigenvalue weighted by Gasteiger charge is -2.09. The zero-order valence-electron chi connectivity index (χ0n) is 14.3. The molecule has 1 aromatic heterocycles. The molecule has 134 valence electrons. The lowest BCUT2D eigenvalue weighted by Crippen LogP contribution is -2.27. The number of carboxylic acids is 1. The minimum atomic E-state index is -1.03. The monoisotopic (exact) mass is 362 g/mol. The van der Waals surface area contributed by atoms with Crippen LogP contribution in [0.5, 0.6) is 5.75 Å². The average molecular weight is 362 g/mol. The van der Waals surface area contributed by atoms with E-state index in [-0.39, 0.29) is 11.6 Å². The standard InChI is InChI=1S/C18H22N2O4S/c1-12(2)10-24-14-5-3-13(4-6-14)9-16(21)19-8-7-17-20-15(11-25-17)18(22)23/h3-6,11-12H,7-10H2,1-2H3,(H,19,21)(H,22,23). The molecular formula is C18H22N2O4S. The SMILES string of the molecule is CC(C)COc1ccc(CC(=O)NCCc2nc(C(=O)O)cs2)cc1. The minimum Gasteiger partial charge on any atom is -0.493 e. The number of hydrogen-bond acceptors (Lipinski definition) is 5. The van der Waals surface area contributed by atoms with Gasteiger partial charge in [0, 0.05) is 18.3 Å². The highest BCUT2D eigenvalue weighted by atomic mass is 32.1. The summed E-state index contributed by atoms with van der Waals surface area (Å²) in [6.07, 6.45) is 0.814. The van der Waals surface area contributed by atoms with Crippen LogP contribution in [-0.2, 0) is 17.6 Å². The van der Waals surface area contributed by atoms with E-state index in [4.69, 9.17) is 9.84 Å². The predicted octanol–water partition coefficient (Wildman–Crippen LogP) is 2.78. The summed E-state index contributed by atoms with van der Waals surface area (Å²) >= 11 is 1.28. The van der Waals surface area contributed by atoms with E-state index in [2.05, 4.69) is 24.1 Å². The zero-order valence-corrected chi connectivity index (χ0v) is 15.1. The number of hydrogen-bond donors (Lipinski definition) is 2. The third kappa shape index (κ3) is 6.54. The number of thiazole rings is 1. The van der Waals surface area contributed by atoms with Crippen molar-refractivity contribution in [2.24, 2.45) is 5.92 Å². The molecule has 2 aromatic rings. The van der Waals surface area contributed by atoms with Crippen molar-refractivity contribution >= 4 is 23.2 Å². The molecule has 7 heteroatoms. The van der Waals surface area contributed by atoms with Gasteiger partial charge in [-0.05, 0) is 23.6 Å². The number of carbonyl (C=O) groups is 2. The van der Waals surface area contributed by atoms with Crippen LogP contribution in [0, 0.1) is 5.92 Å². The number of aromatic carboxylic acids is 1. The quantitative estimate of drug-likeness (QED) is 0.716. The minimum absolute atomic E-state index is 0.0473. The van der Waals surface area contributed by atoms with E-state index in [0.29, 0.717) is 36.9 Å². The van der Waals surface area contributed by atoms with Crippen molar-refractivity contribution < 1.29 is 19.4 Å². The zero-order chi connectivity index (χ0) is 18.2. The van der Waals surface area contributed by atoms with Gasteiger partial charge in [0.15, 0.2) is 5.69 Å². The van der Waals surface area contributed by atoms with E-state index in [9.17, 15) is 9.59 Å². The fourth-order valence-electron chi connectivity index (χ4n) is 2.05. The fourth-order valence-corrected chi connectivity index (χ4v) is 2.82. The van der Waals surface area contributed by atoms with E-state index in [1.165, 1.54) is 16.7 Å². The van der Waals surface area contributed by atoms with Crippen LogP contribution in [-0.4, -0.2) is 35.1 Å². The lowest BCUT2D eigenvalue weighted by atomic mass is 10.1. The van der Waals surface area contributed by atoms with Gasteiger partial charge in [-0.1, -0.05) is 26.0 Å². The predicted molar refractivity (Wildman–Crippen MR) is 96.3 cm³/mol. The van der Waals surface area contributed by atoms with Gasteiger partial charge in [-0.2, -0.15) is 0 Å². The van der Waals surface area contributed by atoms with Crippen molar-refractivity contribution in [1.29, 1.82) is 0 Å². The Morgan fingerprint density at radius 2 is 2.00 bits per heavy atom. The molecular weight excluding hydrogens is 340 g/mol. The first-order valence-corrected chi connectivity index (χ1v) is 8.98. The second-order valence-corrected chi connectivity index (χ2v) is 7.00. The lowest BCUT2D eigenvalue weighted by molar-refractivity contribution is -0.120. The summed E-state index contributed by atoms with van der Waals surface area (Å²) in [6, 6.07) is 7.51. The van der Waals surface area contributed by atoms with E-state index >= 15 is 0 Å². The number of nitrogens with zero attached hydrogens (tertiary/aromatic N) is 1. The molecule has 0 spiro atoms. The van der Waals surface area contributed by atoms with E-state index in [1.807, 2.05) is 24.3 Å². The molecule has 2 N–H and O–H groups in total. The van der Waals surface area contributed by atoms with Gasteiger partial charge in [0.2, 0.25) is 5.91 Å². The molecule has 0 saturated carbocycles. The van der Waals surface area contributed by atoms with Crippen LogP contribution in [0.1, 0.15) is 34.9 Å². The molecule has 1 aromatic carbocycles. The topological polar surface area (TPSA) is 88.5 Å². The van der Waals surface area contributed by atoms with Crippen LogP contribution in [0.3, 0.4) is 0 Å². The van der Waals surface area contributed by atoms with Crippen molar-refractivity contribution in [1.82, 2.24) is 10.3 Å². The van der Waals surface area contributed by atoms with Crippen LogP contribution in [0.15, 0.2) is 29.6 Å². The molecule has 0 bridgehead atoms. The Kier molecular flexibility index (Phi) is 6.94. The van der Waals surface area contributed by atoms with E-state index < -0.39 is 5.97 Å². The normalized spacial score (nSPS) is 10.7. The van der Waals surface area contributed by atoms with Crippen molar-refractivity contribution in [3.8, 4) is 5.75 Å². The molecule has 0 radical (unpaired) electrons. The Balaban J connectivity index is 1.73. The number of rotatable bonds is 9. The molecule has 0 atom stereocenters. The van der Waals surface area contributed by atoms with Crippen LogP contribution < -0.4 is 10.1 Å². The molecule has 1 amide bonds. The summed E-state index contributed by atoms with van der Waals surface area (Å²) in [6.45, 7) is 5.28. The fraction of sp³-hybridized carbons (Fsp3) is 0.389. The third-order valence-corrected chi connectivity index (χ3v) is 4.21. The van der Waals surface area contributed by atoms with Gasteiger partial charge in [0.25, 0.3) is 0 Å². The molecule has 6 nitrogen and oxygen atoms in total. The van der Waals surface area contributed by atoms with Crippen LogP contribution >= 0.6 is 11.3 Å². The molecule has 0 fully saturated rings. The number of carboxylic acid groups (broad SMARTS) is 1. The molecule has 2 rings (SSSR count). The highest BCUT2D eigenvalue weighted by Crippen LogP contribution is 2.14. The Morgan fingerprint density at radius 3 is 2.60 bits per heavy atom. The number of benzene rings is 1. The van der Waals surface area contributed by atoms with Crippen LogP contribution in [0.25, 0.3) is 0 Å². The van der Waals surface area contributed by atoms with Crippen molar-refractivity contribution in [2.75, 3.05) is 13.2 Å². The van der Waals surface area contributed by atoms with E-state index in [0.717, 1.165) is 11.3 Å². The number of amides is 1. The van der Waals surface area contributed by atoms with Gasteiger partial charge in [-0.3, -0.25) is 4.79 Å². The first-order valence-electron chi connectivity index (χ1n) is 8.10. The molecule has 0 unspecified atom stereocenters. The van der Waals surface area contributed by atoms with Gasteiger partial charge in [-0.15, -0.1) is 11.3 Å². The number of nitrogens with one attached hydrogen (secondary N) is 1. The molecule has 25 heavy (non-hydrogen) atoms. The number of aromatic nitrogens is 1. The van der Waals surface area contributed by atoms with Crippen molar-refractivity contribution in [3.05, 3.63) is 45.9 Å². The number of ether oxygens (including phenoxy) is 1. The summed E-state index contributed by atoms with van der Waals surface area (Å²) in [5, 5.41) is 13.8. The van der Waals surface area contributed by atoms with Crippen molar-refractivity contribution in [2.45, 2.75) is 26.7 Å². The largest absolute Gasteiger partial charge is 0.493 e. The molecule has 0 aliphatic carbocycles. The maximum absolute atomic E-state index is 12.0. The van der Waals surface area contributed by atoms with Crippen LogP contribution in [0.4, 0.5) is 0 Å². The Bertz CT molecular complexity index is 710. The Hall–Kier alpha value is -2.41. The maximum Gasteiger partial charge on any atom is 0.355 e. The molecule has 0 aliphatic rings. The summed E-state index contributed by atoms with van der Waals surface area (Å²) in [4.78, 5) is 26.7. The maximum atomic E-state index is 12.0. The highest BCUT2D eigenvalue weighted by molar-refractivity contribution is 7.09. The van der Waals surface area contributed by atoms with Crippen molar-refractivity contribution in [3.63, 3.8) is 0 Å². The van der Waals surface area contributed by atoms with E-state index in [1.54, 1.807) is 0 Å². The van der Waals surface area contributed by atoms with Gasteiger partial charge >= 0.3 is 5.97 Å². The van der Waals surface area contributed by atoms with Gasteiger partial charge in [-0.25, -0.2) is 9.78 Å². The number of carbonyl (C=O) groups excluding carboxylic acids is 1. The Morgan fingerprint density at radius 1 is 1.28 bits per heavy atom. The summed E-state index contributed by atoms with van der Waals surface area (Å²) in [7, 11) is 0. The Labute approximate surface area is 150 Å². The highest BCUT2D eigenvalue weighted by Gasteiger charge is 2.09. The summed E-state index contributed by atoms with van der Waals surface area (Å²) < 4.78 is 5.61. The summed E-state index contributed by atoms with van der Waals surface area (Å²) in [5.41, 5.74) is 0.961. The van der Waals surface area contributed by atoms with Gasteiger partial charge < -0.3 is 15.2 Å². The second-order valence-electron chi connectivity index (χ2n) is 6.06. The average Bonchev–Trinajstić information content (AvgIpc) is 3.03. The molecule has 1 heterocycles. The molecule has 0 saturated heterocycles. The van der Waals surface area contributed by atoms with Gasteiger partial charge in [0.1, 0.15) is 5.75 Å². The first kappa shape index (κ1) is 18.9. The first-order chi connectivity index (χ1) is 11.9.